The monoisotopic (exact) mass is 252 g/mol. The molecule has 1 aliphatic heterocycles. The van der Waals surface area contributed by atoms with Crippen molar-refractivity contribution in [2.75, 3.05) is 20.1 Å². The molecule has 0 radical (unpaired) electrons. The largest absolute Gasteiger partial charge is 0.311 e. The molecule has 2 fully saturated rings. The van der Waals surface area contributed by atoms with E-state index in [0.717, 1.165) is 23.9 Å². The van der Waals surface area contributed by atoms with Gasteiger partial charge in [-0.05, 0) is 64.6 Å². The highest BCUT2D eigenvalue weighted by atomic mass is 15.1. The lowest BCUT2D eigenvalue weighted by molar-refractivity contribution is 0.162. The van der Waals surface area contributed by atoms with Crippen molar-refractivity contribution in [1.82, 2.24) is 10.2 Å². The van der Waals surface area contributed by atoms with E-state index in [-0.39, 0.29) is 0 Å². The molecule has 18 heavy (non-hydrogen) atoms. The number of hydrogen-bond donors (Lipinski definition) is 1. The Morgan fingerprint density at radius 3 is 2.44 bits per heavy atom. The quantitative estimate of drug-likeness (QED) is 0.826. The minimum atomic E-state index is 0.718. The molecule has 1 heterocycles. The van der Waals surface area contributed by atoms with E-state index in [4.69, 9.17) is 0 Å². The van der Waals surface area contributed by atoms with Crippen molar-refractivity contribution < 1.29 is 0 Å². The summed E-state index contributed by atoms with van der Waals surface area (Å²) in [6.45, 7) is 7.37. The molecule has 2 aliphatic rings. The first kappa shape index (κ1) is 14.3. The van der Waals surface area contributed by atoms with Gasteiger partial charge in [0, 0.05) is 12.1 Å². The van der Waals surface area contributed by atoms with Crippen molar-refractivity contribution in [3.63, 3.8) is 0 Å². The van der Waals surface area contributed by atoms with Crippen LogP contribution in [0.2, 0.25) is 0 Å². The second-order valence-electron chi connectivity index (χ2n) is 6.66. The molecule has 0 aromatic rings. The van der Waals surface area contributed by atoms with Crippen LogP contribution in [-0.2, 0) is 0 Å². The molecule has 0 spiro atoms. The van der Waals surface area contributed by atoms with Crippen molar-refractivity contribution in [3.8, 4) is 0 Å². The van der Waals surface area contributed by atoms with Gasteiger partial charge in [0.05, 0.1) is 0 Å². The molecule has 3 atom stereocenters. The highest BCUT2D eigenvalue weighted by Gasteiger charge is 2.28. The Kier molecular flexibility index (Phi) is 5.50. The predicted molar refractivity (Wildman–Crippen MR) is 78.9 cm³/mol. The Morgan fingerprint density at radius 1 is 1.11 bits per heavy atom. The van der Waals surface area contributed by atoms with Crippen LogP contribution in [-0.4, -0.2) is 37.1 Å². The third-order valence-corrected chi connectivity index (χ3v) is 5.38. The fourth-order valence-corrected chi connectivity index (χ4v) is 3.92. The van der Waals surface area contributed by atoms with Gasteiger partial charge in [-0.2, -0.15) is 0 Å². The van der Waals surface area contributed by atoms with E-state index in [2.05, 4.69) is 31.1 Å². The Labute approximate surface area is 114 Å². The van der Waals surface area contributed by atoms with Crippen LogP contribution in [0.5, 0.6) is 0 Å². The standard InChI is InChI=1S/C16H32N2/c1-4-14-7-5-6-8-16(14)17-13(2)15-9-11-18(3)12-10-15/h13-17H,4-12H2,1-3H3. The molecule has 1 saturated carbocycles. The maximum absolute atomic E-state index is 3.99. The summed E-state index contributed by atoms with van der Waals surface area (Å²) in [5.74, 6) is 1.84. The molecule has 106 valence electrons. The Hall–Kier alpha value is -0.0800. The third-order valence-electron chi connectivity index (χ3n) is 5.38. The molecule has 2 nitrogen and oxygen atoms in total. The molecule has 1 saturated heterocycles. The van der Waals surface area contributed by atoms with E-state index in [9.17, 15) is 0 Å². The van der Waals surface area contributed by atoms with Crippen LogP contribution in [0, 0.1) is 11.8 Å². The zero-order valence-electron chi connectivity index (χ0n) is 12.6. The van der Waals surface area contributed by atoms with E-state index in [1.807, 2.05) is 0 Å². The van der Waals surface area contributed by atoms with Crippen molar-refractivity contribution in [1.29, 1.82) is 0 Å². The summed E-state index contributed by atoms with van der Waals surface area (Å²) in [4.78, 5) is 2.47. The summed E-state index contributed by atoms with van der Waals surface area (Å²) in [6, 6.07) is 1.52. The lowest BCUT2D eigenvalue weighted by Crippen LogP contribution is -2.48. The number of nitrogens with zero attached hydrogens (tertiary/aromatic N) is 1. The summed E-state index contributed by atoms with van der Waals surface area (Å²) < 4.78 is 0. The molecule has 0 bridgehead atoms. The van der Waals surface area contributed by atoms with E-state index in [1.54, 1.807) is 0 Å². The summed E-state index contributed by atoms with van der Waals surface area (Å²) in [6.07, 6.45) is 9.89. The number of hydrogen-bond acceptors (Lipinski definition) is 2. The van der Waals surface area contributed by atoms with Crippen molar-refractivity contribution >= 4 is 0 Å². The first-order valence-electron chi connectivity index (χ1n) is 8.15. The van der Waals surface area contributed by atoms with Crippen LogP contribution in [0.1, 0.15) is 58.8 Å². The topological polar surface area (TPSA) is 15.3 Å². The fourth-order valence-electron chi connectivity index (χ4n) is 3.92. The summed E-state index contributed by atoms with van der Waals surface area (Å²) in [5, 5.41) is 3.99. The lowest BCUT2D eigenvalue weighted by atomic mass is 9.81. The van der Waals surface area contributed by atoms with Crippen LogP contribution in [0.4, 0.5) is 0 Å². The van der Waals surface area contributed by atoms with Crippen LogP contribution in [0.15, 0.2) is 0 Å². The molecule has 2 rings (SSSR count). The Balaban J connectivity index is 1.80. The molecule has 2 heteroatoms. The minimum absolute atomic E-state index is 0.718. The number of piperidine rings is 1. The van der Waals surface area contributed by atoms with Crippen molar-refractivity contribution in [2.24, 2.45) is 11.8 Å². The van der Waals surface area contributed by atoms with Crippen LogP contribution in [0.25, 0.3) is 0 Å². The average Bonchev–Trinajstić information content (AvgIpc) is 2.40. The predicted octanol–water partition coefficient (Wildman–Crippen LogP) is 3.28. The van der Waals surface area contributed by atoms with Gasteiger partial charge in [0.25, 0.3) is 0 Å². The van der Waals surface area contributed by atoms with Gasteiger partial charge in [-0.25, -0.2) is 0 Å². The van der Waals surface area contributed by atoms with Crippen molar-refractivity contribution in [2.45, 2.75) is 70.9 Å². The molecule has 0 aromatic carbocycles. The average molecular weight is 252 g/mol. The van der Waals surface area contributed by atoms with E-state index in [1.165, 1.54) is 58.0 Å². The Morgan fingerprint density at radius 2 is 1.78 bits per heavy atom. The summed E-state index contributed by atoms with van der Waals surface area (Å²) in [5.41, 5.74) is 0. The molecule has 1 N–H and O–H groups in total. The third kappa shape index (κ3) is 3.71. The van der Waals surface area contributed by atoms with Gasteiger partial charge in [0.1, 0.15) is 0 Å². The van der Waals surface area contributed by atoms with Gasteiger partial charge in [-0.1, -0.05) is 26.2 Å². The second-order valence-corrected chi connectivity index (χ2v) is 6.66. The molecule has 0 amide bonds. The summed E-state index contributed by atoms with van der Waals surface area (Å²) in [7, 11) is 2.25. The van der Waals surface area contributed by atoms with Crippen LogP contribution >= 0.6 is 0 Å². The van der Waals surface area contributed by atoms with E-state index < -0.39 is 0 Å². The number of rotatable bonds is 4. The fraction of sp³-hybridized carbons (Fsp3) is 1.00. The van der Waals surface area contributed by atoms with Gasteiger partial charge in [0.2, 0.25) is 0 Å². The smallest absolute Gasteiger partial charge is 0.00978 e. The van der Waals surface area contributed by atoms with Gasteiger partial charge in [-0.15, -0.1) is 0 Å². The number of nitrogens with one attached hydrogen (secondary N) is 1. The zero-order valence-corrected chi connectivity index (χ0v) is 12.6. The summed E-state index contributed by atoms with van der Waals surface area (Å²) >= 11 is 0. The minimum Gasteiger partial charge on any atom is -0.311 e. The molecule has 0 aromatic heterocycles. The molecular weight excluding hydrogens is 220 g/mol. The molecule has 3 unspecified atom stereocenters. The highest BCUT2D eigenvalue weighted by Crippen LogP contribution is 2.28. The van der Waals surface area contributed by atoms with Gasteiger partial charge >= 0.3 is 0 Å². The number of likely N-dealkylation sites (tertiary alicyclic amines) is 1. The highest BCUT2D eigenvalue weighted by molar-refractivity contribution is 4.86. The second kappa shape index (κ2) is 6.91. The maximum Gasteiger partial charge on any atom is 0.00978 e. The van der Waals surface area contributed by atoms with E-state index in [0.29, 0.717) is 0 Å². The van der Waals surface area contributed by atoms with Crippen LogP contribution in [0.3, 0.4) is 0 Å². The van der Waals surface area contributed by atoms with Gasteiger partial charge in [0.15, 0.2) is 0 Å². The Bertz CT molecular complexity index is 233. The van der Waals surface area contributed by atoms with Crippen molar-refractivity contribution in [3.05, 3.63) is 0 Å². The maximum atomic E-state index is 3.99. The molecule has 1 aliphatic carbocycles. The first-order chi connectivity index (χ1) is 8.70. The van der Waals surface area contributed by atoms with Gasteiger partial charge in [-0.3, -0.25) is 0 Å². The lowest BCUT2D eigenvalue weighted by Gasteiger charge is -2.38. The van der Waals surface area contributed by atoms with Gasteiger partial charge < -0.3 is 10.2 Å². The van der Waals surface area contributed by atoms with E-state index >= 15 is 0 Å². The first-order valence-corrected chi connectivity index (χ1v) is 8.15. The molecular formula is C16H32N2. The van der Waals surface area contributed by atoms with Crippen LogP contribution < -0.4 is 5.32 Å². The SMILES string of the molecule is CCC1CCCCC1NC(C)C1CCN(C)CC1. The normalized spacial score (nSPS) is 33.5. The zero-order chi connectivity index (χ0) is 13.0.